The third kappa shape index (κ3) is 6.81. The van der Waals surface area contributed by atoms with Crippen LogP contribution < -0.4 is 19.3 Å². The molecule has 0 unspecified atom stereocenters. The third-order valence-corrected chi connectivity index (χ3v) is 16.6. The van der Waals surface area contributed by atoms with Gasteiger partial charge in [0.1, 0.15) is 23.0 Å². The Morgan fingerprint density at radius 3 is 0.938 bits per heavy atom. The summed E-state index contributed by atoms with van der Waals surface area (Å²) < 4.78 is 14.2. The Morgan fingerprint density at radius 2 is 0.613 bits per heavy atom. The summed E-state index contributed by atoms with van der Waals surface area (Å²) in [5.41, 5.74) is 4.25. The number of amides is 4. The van der Waals surface area contributed by atoms with Gasteiger partial charge in [0, 0.05) is 65.0 Å². The Labute approximate surface area is 460 Å². The van der Waals surface area contributed by atoms with Crippen LogP contribution in [-0.4, -0.2) is 23.6 Å². The average molecular weight is 1040 g/mol. The number of hydrogen-bond donors (Lipinski definition) is 0. The van der Waals surface area contributed by atoms with Crippen molar-refractivity contribution in [2.75, 3.05) is 9.80 Å². The van der Waals surface area contributed by atoms with Crippen molar-refractivity contribution in [3.05, 3.63) is 228 Å². The van der Waals surface area contributed by atoms with Crippen molar-refractivity contribution < 1.29 is 28.7 Å². The minimum absolute atomic E-state index is 0.129. The largest absolute Gasteiger partial charge is 0.457 e. The van der Waals surface area contributed by atoms with Crippen LogP contribution >= 0.6 is 0 Å². The Morgan fingerprint density at radius 1 is 0.300 bits per heavy atom. The molecule has 0 fully saturated rings. The molecule has 0 aliphatic carbocycles. The first-order valence-electron chi connectivity index (χ1n) is 27.1. The molecule has 2 aliphatic rings. The number of anilines is 2. The SMILES string of the molecule is CC(C)(C)c1ccc(Oc2cc3c4c(ccc5c6c(Oc7ccc(C(C)(C)C)cc7)cc7c8c(ccc(c2c45)c86)C(=O)N(c2c4ccccc4cc4ccccc24)C7=O)C(=O)N(c2c4ccccc4cc4ccccc24)C3=O)cc1. The highest BCUT2D eigenvalue weighted by Gasteiger charge is 2.41. The predicted molar refractivity (Wildman–Crippen MR) is 323 cm³/mol. The number of carbonyl (C=O) groups excluding carboxylic acids is 4. The molecule has 2 heterocycles. The summed E-state index contributed by atoms with van der Waals surface area (Å²) in [6.07, 6.45) is 0. The summed E-state index contributed by atoms with van der Waals surface area (Å²) in [7, 11) is 0. The molecular weight excluding hydrogens is 989 g/mol. The van der Waals surface area contributed by atoms with Gasteiger partial charge in [0.25, 0.3) is 23.6 Å². The molecule has 0 saturated heterocycles. The zero-order chi connectivity index (χ0) is 54.7. The molecule has 8 heteroatoms. The van der Waals surface area contributed by atoms with Crippen molar-refractivity contribution in [1.82, 2.24) is 0 Å². The number of imide groups is 2. The van der Waals surface area contributed by atoms with Gasteiger partial charge >= 0.3 is 0 Å². The van der Waals surface area contributed by atoms with Crippen molar-refractivity contribution >= 4 is 121 Å². The summed E-state index contributed by atoms with van der Waals surface area (Å²) in [6.45, 7) is 12.9. The second-order valence-corrected chi connectivity index (χ2v) is 23.4. The van der Waals surface area contributed by atoms with Crippen molar-refractivity contribution in [2.45, 2.75) is 52.4 Å². The molecule has 80 heavy (non-hydrogen) atoms. The molecule has 2 aliphatic heterocycles. The Balaban J connectivity index is 1.04. The highest BCUT2D eigenvalue weighted by atomic mass is 16.5. The smallest absolute Gasteiger partial charge is 0.266 e. The van der Waals surface area contributed by atoms with E-state index in [1.165, 1.54) is 9.80 Å². The second-order valence-electron chi connectivity index (χ2n) is 23.4. The first-order valence-corrected chi connectivity index (χ1v) is 27.1. The molecule has 0 radical (unpaired) electrons. The topological polar surface area (TPSA) is 93.2 Å². The van der Waals surface area contributed by atoms with E-state index >= 15 is 19.2 Å². The lowest BCUT2D eigenvalue weighted by molar-refractivity contribution is 0.0878. The number of fused-ring (bicyclic) bond motifs is 6. The first-order chi connectivity index (χ1) is 38.6. The number of benzene rings is 13. The summed E-state index contributed by atoms with van der Waals surface area (Å²) in [5.74, 6) is -0.113. The standard InChI is InChI=1S/C72H50N2O6/c1-71(2,3)43-23-27-45(28-24-43)79-57-37-55-59-53(67(75)73(69(55)77)65-47-19-11-7-15-39(47)35-40-16-8-12-20-48(40)65)34-32-52-62-58(80-46-29-25-44(26-30-46)72(4,5)6)38-56-60-54(33-31-51(64(60)62)61(57)63(52)59)68(76)74(70(56)78)66-49-21-13-9-17-41(49)36-42-18-10-14-22-50(42)66/h7-38H,1-6H3. The quantitative estimate of drug-likeness (QED) is 0.0936. The van der Waals surface area contributed by atoms with Crippen LogP contribution in [0.15, 0.2) is 194 Å². The van der Waals surface area contributed by atoms with E-state index in [1.807, 2.05) is 158 Å². The maximum Gasteiger partial charge on any atom is 0.266 e. The lowest BCUT2D eigenvalue weighted by Gasteiger charge is -2.32. The fourth-order valence-corrected chi connectivity index (χ4v) is 12.7. The van der Waals surface area contributed by atoms with Crippen LogP contribution in [0.5, 0.6) is 23.0 Å². The van der Waals surface area contributed by atoms with Gasteiger partial charge < -0.3 is 9.47 Å². The number of hydrogen-bond acceptors (Lipinski definition) is 6. The van der Waals surface area contributed by atoms with Crippen molar-refractivity contribution in [3.8, 4) is 23.0 Å². The van der Waals surface area contributed by atoms with Gasteiger partial charge in [-0.05, 0) is 115 Å². The highest BCUT2D eigenvalue weighted by molar-refractivity contribution is 6.48. The molecule has 13 aromatic rings. The van der Waals surface area contributed by atoms with Gasteiger partial charge in [0.05, 0.1) is 22.5 Å². The van der Waals surface area contributed by atoms with Gasteiger partial charge in [-0.1, -0.05) is 175 Å². The molecule has 15 rings (SSSR count). The van der Waals surface area contributed by atoms with E-state index in [1.54, 1.807) is 24.3 Å². The summed E-state index contributed by atoms with van der Waals surface area (Å²) in [4.78, 5) is 65.8. The normalized spacial score (nSPS) is 13.9. The van der Waals surface area contributed by atoms with E-state index in [9.17, 15) is 0 Å². The Hall–Kier alpha value is -9.92. The van der Waals surface area contributed by atoms with Crippen molar-refractivity contribution in [3.63, 3.8) is 0 Å². The van der Waals surface area contributed by atoms with Gasteiger partial charge in [-0.15, -0.1) is 0 Å². The Bertz CT molecular complexity index is 4510. The Kier molecular flexibility index (Phi) is 9.93. The minimum Gasteiger partial charge on any atom is -0.457 e. The van der Waals surface area contributed by atoms with Gasteiger partial charge in [-0.2, -0.15) is 0 Å². The molecule has 13 aromatic carbocycles. The van der Waals surface area contributed by atoms with Crippen LogP contribution in [0.2, 0.25) is 0 Å². The van der Waals surface area contributed by atoms with E-state index in [4.69, 9.17) is 9.47 Å². The molecule has 0 spiro atoms. The second kappa shape index (κ2) is 16.8. The van der Waals surface area contributed by atoms with E-state index in [0.29, 0.717) is 88.6 Å². The maximum absolute atomic E-state index is 15.9. The maximum atomic E-state index is 15.9. The zero-order valence-electron chi connectivity index (χ0n) is 44.8. The zero-order valence-corrected chi connectivity index (χ0v) is 44.8. The van der Waals surface area contributed by atoms with E-state index in [2.05, 4.69) is 53.7 Å². The number of carbonyl (C=O) groups is 4. The molecule has 384 valence electrons. The number of rotatable bonds is 6. The van der Waals surface area contributed by atoms with Gasteiger partial charge in [0.2, 0.25) is 0 Å². The van der Waals surface area contributed by atoms with E-state index in [0.717, 1.165) is 54.2 Å². The predicted octanol–water partition coefficient (Wildman–Crippen LogP) is 18.1. The van der Waals surface area contributed by atoms with Crippen LogP contribution in [0.1, 0.15) is 94.1 Å². The van der Waals surface area contributed by atoms with E-state index < -0.39 is 23.6 Å². The fraction of sp³-hybridized carbons (Fsp3) is 0.111. The van der Waals surface area contributed by atoms with Crippen LogP contribution in [-0.2, 0) is 10.8 Å². The summed E-state index contributed by atoms with van der Waals surface area (Å²) in [6, 6.07) is 62.4. The molecule has 4 amide bonds. The third-order valence-electron chi connectivity index (χ3n) is 16.6. The lowest BCUT2D eigenvalue weighted by atomic mass is 9.81. The minimum atomic E-state index is -0.496. The van der Waals surface area contributed by atoms with Gasteiger partial charge in [-0.25, -0.2) is 9.80 Å². The lowest BCUT2D eigenvalue weighted by Crippen LogP contribution is -2.41. The molecule has 0 N–H and O–H groups in total. The molecular formula is C72H50N2O6. The monoisotopic (exact) mass is 1040 g/mol. The molecule has 8 nitrogen and oxygen atoms in total. The van der Waals surface area contributed by atoms with Crippen LogP contribution in [0.25, 0.3) is 86.2 Å². The van der Waals surface area contributed by atoms with Crippen molar-refractivity contribution in [2.24, 2.45) is 0 Å². The summed E-state index contributed by atoms with van der Waals surface area (Å²) >= 11 is 0. The number of ether oxygens (including phenoxy) is 2. The molecule has 0 aromatic heterocycles. The van der Waals surface area contributed by atoms with Crippen LogP contribution in [0.4, 0.5) is 11.4 Å². The van der Waals surface area contributed by atoms with Crippen LogP contribution in [0, 0.1) is 0 Å². The molecule has 0 saturated carbocycles. The molecule has 0 atom stereocenters. The van der Waals surface area contributed by atoms with Gasteiger partial charge in [0.15, 0.2) is 0 Å². The van der Waals surface area contributed by atoms with E-state index in [-0.39, 0.29) is 22.0 Å². The highest BCUT2D eigenvalue weighted by Crippen LogP contribution is 2.54. The summed E-state index contributed by atoms with van der Waals surface area (Å²) in [5, 5.41) is 11.3. The number of nitrogens with zero attached hydrogens (tertiary/aromatic N) is 2. The van der Waals surface area contributed by atoms with Crippen molar-refractivity contribution in [1.29, 1.82) is 0 Å². The average Bonchev–Trinajstić information content (AvgIpc) is 3.50. The molecule has 0 bridgehead atoms. The fourth-order valence-electron chi connectivity index (χ4n) is 12.7. The van der Waals surface area contributed by atoms with Crippen LogP contribution in [0.3, 0.4) is 0 Å². The van der Waals surface area contributed by atoms with Gasteiger partial charge in [-0.3, -0.25) is 19.2 Å². The first kappa shape index (κ1) is 47.3.